The Balaban J connectivity index is 1.27. The van der Waals surface area contributed by atoms with Crippen LogP contribution in [0.3, 0.4) is 0 Å². The lowest BCUT2D eigenvalue weighted by molar-refractivity contribution is -0.720. The van der Waals surface area contributed by atoms with Gasteiger partial charge < -0.3 is 4.40 Å². The second kappa shape index (κ2) is 9.87. The molecule has 0 bridgehead atoms. The molecule has 48 heavy (non-hydrogen) atoms. The number of aromatic nitrogens is 3. The summed E-state index contributed by atoms with van der Waals surface area (Å²) >= 11 is 0. The molecule has 2 unspecified atom stereocenters. The molecule has 2 atom stereocenters. The Morgan fingerprint density at radius 3 is 2.27 bits per heavy atom. The van der Waals surface area contributed by atoms with Gasteiger partial charge in [0, 0.05) is 57.3 Å². The third kappa shape index (κ3) is 3.82. The van der Waals surface area contributed by atoms with Crippen molar-refractivity contribution in [1.29, 1.82) is 0 Å². The molecule has 0 amide bonds. The van der Waals surface area contributed by atoms with Crippen LogP contribution in [-0.4, -0.2) is 4.40 Å². The smallest absolute Gasteiger partial charge is 0.218 e. The topological polar surface area (TPSA) is 12.2 Å². The molecule has 2 aliphatic heterocycles. The zero-order chi connectivity index (χ0) is 32.3. The average Bonchev–Trinajstić information content (AvgIpc) is 3.61. The van der Waals surface area contributed by atoms with Crippen molar-refractivity contribution in [2.24, 2.45) is 0 Å². The van der Waals surface area contributed by atoms with E-state index in [4.69, 9.17) is 6.58 Å². The molecule has 0 radical (unpaired) electrons. The minimum absolute atomic E-state index is 0.0417. The van der Waals surface area contributed by atoms with E-state index in [1.165, 1.54) is 77.3 Å². The van der Waals surface area contributed by atoms with Gasteiger partial charge in [0.1, 0.15) is 0 Å². The second-order valence-electron chi connectivity index (χ2n) is 15.1. The standard InChI is InChI=1S/C45H39N3/c1-28-23-42-34(31-13-5-6-14-32(31)39-16-10-12-22-47(39)42)20-19-29-24-43-36(27-35(29)40-17-9-11-21-46(28)40)38-26-30(45(2,3)4)25-37-33-15-7-8-18-41(33)48(43)44(37)38/h5-18,21-22,24-27,34,42H,1,19-20,23H2,2-4H3/q+2. The van der Waals surface area contributed by atoms with Crippen molar-refractivity contribution in [1.82, 2.24) is 4.40 Å². The molecule has 0 fully saturated rings. The van der Waals surface area contributed by atoms with Crippen molar-refractivity contribution in [3.8, 4) is 22.5 Å². The molecule has 8 aromatic rings. The number of pyridine rings is 2. The maximum absolute atomic E-state index is 4.77. The molecule has 3 heteroatoms. The van der Waals surface area contributed by atoms with E-state index in [2.05, 4.69) is 156 Å². The summed E-state index contributed by atoms with van der Waals surface area (Å²) in [6.45, 7) is 11.8. The van der Waals surface area contributed by atoms with Gasteiger partial charge in [-0.1, -0.05) is 57.2 Å². The maximum atomic E-state index is 4.77. The summed E-state index contributed by atoms with van der Waals surface area (Å²) in [5.74, 6) is 0.371. The molecule has 0 aliphatic carbocycles. The summed E-state index contributed by atoms with van der Waals surface area (Å²) in [5, 5.41) is 5.36. The van der Waals surface area contributed by atoms with Gasteiger partial charge in [0.25, 0.3) is 0 Å². The normalized spacial score (nSPS) is 17.7. The highest BCUT2D eigenvalue weighted by Crippen LogP contribution is 2.46. The van der Waals surface area contributed by atoms with Gasteiger partial charge in [-0.25, -0.2) is 0 Å². The highest BCUT2D eigenvalue weighted by atomic mass is 15.0. The van der Waals surface area contributed by atoms with E-state index < -0.39 is 0 Å². The first-order chi connectivity index (χ1) is 23.4. The van der Waals surface area contributed by atoms with E-state index >= 15 is 0 Å². The number of para-hydroxylation sites is 1. The molecule has 2 aliphatic rings. The van der Waals surface area contributed by atoms with Gasteiger partial charge in [-0.3, -0.25) is 0 Å². The summed E-state index contributed by atoms with van der Waals surface area (Å²) < 4.78 is 7.44. The van der Waals surface area contributed by atoms with Gasteiger partial charge in [-0.05, 0) is 90.1 Å². The molecule has 232 valence electrons. The molecule has 4 aromatic carbocycles. The third-order valence-corrected chi connectivity index (χ3v) is 11.4. The summed E-state index contributed by atoms with van der Waals surface area (Å²) in [4.78, 5) is 0. The summed E-state index contributed by atoms with van der Waals surface area (Å²) in [6.07, 6.45) is 7.44. The number of nitrogens with zero attached hydrogens (tertiary/aromatic N) is 3. The van der Waals surface area contributed by atoms with Crippen molar-refractivity contribution in [3.63, 3.8) is 0 Å². The van der Waals surface area contributed by atoms with Gasteiger partial charge in [-0.15, -0.1) is 0 Å². The van der Waals surface area contributed by atoms with Gasteiger partial charge in [0.2, 0.25) is 11.4 Å². The molecule has 0 saturated heterocycles. The van der Waals surface area contributed by atoms with E-state index in [9.17, 15) is 0 Å². The highest BCUT2D eigenvalue weighted by Gasteiger charge is 2.42. The predicted molar refractivity (Wildman–Crippen MR) is 198 cm³/mol. The van der Waals surface area contributed by atoms with Crippen LogP contribution < -0.4 is 9.13 Å². The Morgan fingerprint density at radius 1 is 0.688 bits per heavy atom. The maximum Gasteiger partial charge on any atom is 0.218 e. The lowest BCUT2D eigenvalue weighted by atomic mass is 9.77. The SMILES string of the molecule is C=C1CC2C(CCc3cc4c(cc3-c3cccc[n+]31)c1cc(C(C)(C)C)cc3c5ccccc5n4c31)c1ccccc1-c1cccc[n+]12. The van der Waals surface area contributed by atoms with Gasteiger partial charge >= 0.3 is 0 Å². The summed E-state index contributed by atoms with van der Waals surface area (Å²) in [6, 6.07) is 41.5. The van der Waals surface area contributed by atoms with Crippen molar-refractivity contribution in [2.75, 3.05) is 0 Å². The minimum Gasteiger partial charge on any atom is -0.308 e. The lowest BCUT2D eigenvalue weighted by Gasteiger charge is -2.31. The highest BCUT2D eigenvalue weighted by molar-refractivity contribution is 6.24. The molecule has 4 aromatic heterocycles. The molecule has 3 nitrogen and oxygen atoms in total. The van der Waals surface area contributed by atoms with Crippen LogP contribution in [0.2, 0.25) is 0 Å². The third-order valence-electron chi connectivity index (χ3n) is 11.4. The Bertz CT molecular complexity index is 2610. The fourth-order valence-electron chi connectivity index (χ4n) is 9.07. The number of allylic oxidation sites excluding steroid dienone is 1. The quantitative estimate of drug-likeness (QED) is 0.149. The fraction of sp³-hybridized carbons (Fsp3) is 0.200. The Morgan fingerprint density at radius 2 is 1.42 bits per heavy atom. The van der Waals surface area contributed by atoms with E-state index in [1.54, 1.807) is 0 Å². The van der Waals surface area contributed by atoms with Gasteiger partial charge in [0.15, 0.2) is 24.1 Å². The van der Waals surface area contributed by atoms with E-state index in [0.717, 1.165) is 25.0 Å². The first-order valence-corrected chi connectivity index (χ1v) is 17.4. The Hall–Kier alpha value is -5.28. The van der Waals surface area contributed by atoms with Crippen LogP contribution in [0.4, 0.5) is 0 Å². The Labute approximate surface area is 281 Å². The van der Waals surface area contributed by atoms with Crippen LogP contribution in [0.25, 0.3) is 66.3 Å². The molecular formula is C45H39N3+2. The molecule has 0 saturated carbocycles. The van der Waals surface area contributed by atoms with Crippen molar-refractivity contribution >= 4 is 43.8 Å². The number of aryl methyl sites for hydroxylation is 1. The Kier molecular flexibility index (Phi) is 5.72. The zero-order valence-electron chi connectivity index (χ0n) is 27.9. The van der Waals surface area contributed by atoms with Crippen LogP contribution in [-0.2, 0) is 11.8 Å². The van der Waals surface area contributed by atoms with Crippen LogP contribution in [0.5, 0.6) is 0 Å². The van der Waals surface area contributed by atoms with E-state index in [0.29, 0.717) is 5.92 Å². The first kappa shape index (κ1) is 27.8. The second-order valence-corrected chi connectivity index (χ2v) is 15.1. The number of fused-ring (bicyclic) bond motifs is 15. The van der Waals surface area contributed by atoms with Crippen LogP contribution in [0, 0.1) is 0 Å². The fourth-order valence-corrected chi connectivity index (χ4v) is 9.07. The molecular weight excluding hydrogens is 583 g/mol. The van der Waals surface area contributed by atoms with Crippen molar-refractivity contribution in [3.05, 3.63) is 145 Å². The average molecular weight is 622 g/mol. The van der Waals surface area contributed by atoms with E-state index in [-0.39, 0.29) is 11.5 Å². The van der Waals surface area contributed by atoms with Crippen LogP contribution >= 0.6 is 0 Å². The van der Waals surface area contributed by atoms with Crippen molar-refractivity contribution < 1.29 is 9.13 Å². The number of rotatable bonds is 0. The van der Waals surface area contributed by atoms with Crippen LogP contribution in [0.1, 0.15) is 62.3 Å². The summed E-state index contributed by atoms with van der Waals surface area (Å²) in [7, 11) is 0. The molecule has 0 spiro atoms. The van der Waals surface area contributed by atoms with E-state index in [1.807, 2.05) is 0 Å². The number of hydrogen-bond donors (Lipinski definition) is 0. The molecule has 6 heterocycles. The number of hydrogen-bond acceptors (Lipinski definition) is 0. The first-order valence-electron chi connectivity index (χ1n) is 17.4. The predicted octanol–water partition coefficient (Wildman–Crippen LogP) is 10.2. The largest absolute Gasteiger partial charge is 0.308 e. The molecule has 0 N–H and O–H groups in total. The molecule has 10 rings (SSSR count). The monoisotopic (exact) mass is 621 g/mol. The van der Waals surface area contributed by atoms with Crippen LogP contribution in [0.15, 0.2) is 128 Å². The van der Waals surface area contributed by atoms with Gasteiger partial charge in [-0.2, -0.15) is 9.13 Å². The number of benzene rings is 4. The van der Waals surface area contributed by atoms with Gasteiger partial charge in [0.05, 0.1) is 28.5 Å². The zero-order valence-corrected chi connectivity index (χ0v) is 27.9. The minimum atomic E-state index is 0.0417. The van der Waals surface area contributed by atoms with Crippen molar-refractivity contribution in [2.45, 2.75) is 57.4 Å². The summed E-state index contributed by atoms with van der Waals surface area (Å²) in [5.41, 5.74) is 14.5. The lowest BCUT2D eigenvalue weighted by Crippen LogP contribution is -2.49.